The Morgan fingerprint density at radius 1 is 1.36 bits per heavy atom. The fourth-order valence-corrected chi connectivity index (χ4v) is 4.65. The van der Waals surface area contributed by atoms with E-state index in [9.17, 15) is 4.79 Å². The van der Waals surface area contributed by atoms with Crippen LogP contribution in [0.5, 0.6) is 0 Å². The van der Waals surface area contributed by atoms with Crippen LogP contribution in [0.15, 0.2) is 24.3 Å². The Hall–Kier alpha value is -1.56. The summed E-state index contributed by atoms with van der Waals surface area (Å²) in [7, 11) is 2.12. The zero-order valence-corrected chi connectivity index (χ0v) is 13.7. The Bertz CT molecular complexity index is 758. The van der Waals surface area contributed by atoms with Crippen LogP contribution in [-0.4, -0.2) is 24.4 Å². The van der Waals surface area contributed by atoms with Crippen molar-refractivity contribution in [2.24, 2.45) is 0 Å². The number of benzene rings is 1. The number of amides is 1. The molecule has 0 radical (unpaired) electrons. The zero-order valence-electron chi connectivity index (χ0n) is 12.1. The fourth-order valence-electron chi connectivity index (χ4n) is 3.10. The van der Waals surface area contributed by atoms with Crippen molar-refractivity contribution in [3.63, 3.8) is 0 Å². The Balaban J connectivity index is 1.71. The van der Waals surface area contributed by atoms with E-state index in [-0.39, 0.29) is 12.1 Å². The molecular formula is C16H16ClN3OS. The van der Waals surface area contributed by atoms with Gasteiger partial charge in [0.05, 0.1) is 5.56 Å². The number of anilines is 1. The second kappa shape index (κ2) is 5.26. The summed E-state index contributed by atoms with van der Waals surface area (Å²) in [5.41, 5.74) is 3.02. The molecule has 3 heterocycles. The third-order valence-corrected chi connectivity index (χ3v) is 5.59. The standard InChI is InChI=1S/C16H16ClN3OS/c1-20-6-5-11-12(8-20)22-16-13(11)15(21)18-14(19-16)9-3-2-4-10(17)7-9/h2-4,7,14,19H,5-6,8H2,1H3,(H,18,21)/t14-/m1/s1. The molecule has 2 aromatic rings. The zero-order chi connectivity index (χ0) is 15.3. The fraction of sp³-hybridized carbons (Fsp3) is 0.312. The van der Waals surface area contributed by atoms with Crippen LogP contribution >= 0.6 is 22.9 Å². The molecule has 6 heteroatoms. The lowest BCUT2D eigenvalue weighted by molar-refractivity contribution is 0.0935. The number of thiophene rings is 1. The molecule has 1 atom stereocenters. The van der Waals surface area contributed by atoms with Gasteiger partial charge in [-0.15, -0.1) is 11.3 Å². The lowest BCUT2D eigenvalue weighted by Gasteiger charge is -2.27. The van der Waals surface area contributed by atoms with Crippen LogP contribution in [-0.2, 0) is 13.0 Å². The number of carbonyl (C=O) groups excluding carboxylic acids is 1. The van der Waals surface area contributed by atoms with Crippen LogP contribution in [0.4, 0.5) is 5.00 Å². The smallest absolute Gasteiger partial charge is 0.256 e. The van der Waals surface area contributed by atoms with Crippen LogP contribution in [0.3, 0.4) is 0 Å². The lowest BCUT2D eigenvalue weighted by Crippen LogP contribution is -2.38. The number of hydrogen-bond donors (Lipinski definition) is 2. The van der Waals surface area contributed by atoms with Gasteiger partial charge in [-0.2, -0.15) is 0 Å². The summed E-state index contributed by atoms with van der Waals surface area (Å²) >= 11 is 7.76. The Kier molecular flexibility index (Phi) is 3.36. The minimum atomic E-state index is -0.225. The van der Waals surface area contributed by atoms with Crippen LogP contribution in [0, 0.1) is 0 Å². The van der Waals surface area contributed by atoms with E-state index in [0.717, 1.165) is 35.6 Å². The first-order chi connectivity index (χ1) is 10.6. The van der Waals surface area contributed by atoms with Crippen molar-refractivity contribution in [2.45, 2.75) is 19.1 Å². The molecule has 0 fully saturated rings. The number of fused-ring (bicyclic) bond motifs is 3. The van der Waals surface area contributed by atoms with E-state index in [2.05, 4.69) is 22.6 Å². The van der Waals surface area contributed by atoms with Gasteiger partial charge in [0, 0.05) is 23.0 Å². The number of hydrogen-bond acceptors (Lipinski definition) is 4. The molecule has 1 aromatic heterocycles. The van der Waals surface area contributed by atoms with Gasteiger partial charge in [0.15, 0.2) is 0 Å². The van der Waals surface area contributed by atoms with E-state index < -0.39 is 0 Å². The molecule has 0 aliphatic carbocycles. The van der Waals surface area contributed by atoms with Crippen molar-refractivity contribution >= 4 is 33.8 Å². The largest absolute Gasteiger partial charge is 0.353 e. The average molecular weight is 334 g/mol. The molecule has 2 aliphatic heterocycles. The molecule has 4 nitrogen and oxygen atoms in total. The van der Waals surface area contributed by atoms with Crippen LogP contribution in [0.2, 0.25) is 5.02 Å². The highest BCUT2D eigenvalue weighted by Crippen LogP contribution is 2.40. The second-order valence-electron chi connectivity index (χ2n) is 5.80. The van der Waals surface area contributed by atoms with E-state index >= 15 is 0 Å². The van der Waals surface area contributed by atoms with E-state index in [1.807, 2.05) is 24.3 Å². The highest BCUT2D eigenvalue weighted by atomic mass is 35.5. The van der Waals surface area contributed by atoms with E-state index in [0.29, 0.717) is 5.02 Å². The monoisotopic (exact) mass is 333 g/mol. The molecule has 114 valence electrons. The third kappa shape index (κ3) is 2.29. The van der Waals surface area contributed by atoms with E-state index in [1.54, 1.807) is 11.3 Å². The molecular weight excluding hydrogens is 318 g/mol. The van der Waals surface area contributed by atoms with Gasteiger partial charge in [-0.25, -0.2) is 0 Å². The number of carbonyl (C=O) groups is 1. The van der Waals surface area contributed by atoms with Crippen molar-refractivity contribution in [1.82, 2.24) is 10.2 Å². The summed E-state index contributed by atoms with van der Waals surface area (Å²) in [6, 6.07) is 7.58. The predicted molar refractivity (Wildman–Crippen MR) is 89.6 cm³/mol. The molecule has 2 N–H and O–H groups in total. The van der Waals surface area contributed by atoms with Gasteiger partial charge in [-0.3, -0.25) is 4.79 Å². The predicted octanol–water partition coefficient (Wildman–Crippen LogP) is 3.24. The van der Waals surface area contributed by atoms with Crippen molar-refractivity contribution in [3.8, 4) is 0 Å². The maximum atomic E-state index is 12.6. The first-order valence-corrected chi connectivity index (χ1v) is 8.47. The SMILES string of the molecule is CN1CCc2c(sc3c2C(=O)N[C@@H](c2cccc(Cl)c2)N3)C1. The summed E-state index contributed by atoms with van der Waals surface area (Å²) < 4.78 is 0. The first-order valence-electron chi connectivity index (χ1n) is 7.28. The van der Waals surface area contributed by atoms with Gasteiger partial charge >= 0.3 is 0 Å². The molecule has 4 rings (SSSR count). The van der Waals surface area contributed by atoms with Gasteiger partial charge in [0.2, 0.25) is 0 Å². The number of nitrogens with zero attached hydrogens (tertiary/aromatic N) is 1. The molecule has 0 spiro atoms. The molecule has 1 aromatic carbocycles. The second-order valence-corrected chi connectivity index (χ2v) is 7.34. The van der Waals surface area contributed by atoms with Gasteiger partial charge in [0.1, 0.15) is 11.2 Å². The highest BCUT2D eigenvalue weighted by Gasteiger charge is 2.32. The number of halogens is 1. The Morgan fingerprint density at radius 2 is 2.23 bits per heavy atom. The average Bonchev–Trinajstić information content (AvgIpc) is 2.84. The summed E-state index contributed by atoms with van der Waals surface area (Å²) in [4.78, 5) is 16.2. The summed E-state index contributed by atoms with van der Waals surface area (Å²) in [5, 5.41) is 8.15. The van der Waals surface area contributed by atoms with E-state index in [4.69, 9.17) is 11.6 Å². The minimum Gasteiger partial charge on any atom is -0.353 e. The van der Waals surface area contributed by atoms with Crippen molar-refractivity contribution in [1.29, 1.82) is 0 Å². The Morgan fingerprint density at radius 3 is 3.05 bits per heavy atom. The maximum Gasteiger partial charge on any atom is 0.256 e. The molecule has 0 saturated carbocycles. The highest BCUT2D eigenvalue weighted by molar-refractivity contribution is 7.16. The summed E-state index contributed by atoms with van der Waals surface area (Å²) in [5.74, 6) is 0.0146. The number of likely N-dealkylation sites (N-methyl/N-ethyl adjacent to an activating group) is 1. The van der Waals surface area contributed by atoms with Crippen molar-refractivity contribution in [3.05, 3.63) is 50.9 Å². The van der Waals surface area contributed by atoms with Crippen LogP contribution < -0.4 is 10.6 Å². The van der Waals surface area contributed by atoms with Crippen LogP contribution in [0.25, 0.3) is 0 Å². The maximum absolute atomic E-state index is 12.6. The lowest BCUT2D eigenvalue weighted by atomic mass is 10.0. The third-order valence-electron chi connectivity index (χ3n) is 4.21. The molecule has 22 heavy (non-hydrogen) atoms. The van der Waals surface area contributed by atoms with E-state index in [1.165, 1.54) is 10.4 Å². The van der Waals surface area contributed by atoms with Crippen molar-refractivity contribution < 1.29 is 4.79 Å². The topological polar surface area (TPSA) is 44.4 Å². The molecule has 0 saturated heterocycles. The molecule has 0 bridgehead atoms. The number of nitrogens with one attached hydrogen (secondary N) is 2. The van der Waals surface area contributed by atoms with Gasteiger partial charge < -0.3 is 15.5 Å². The first kappa shape index (κ1) is 14.1. The molecule has 0 unspecified atom stereocenters. The summed E-state index contributed by atoms with van der Waals surface area (Å²) in [6.07, 6.45) is 0.714. The van der Waals surface area contributed by atoms with Gasteiger partial charge in [0.25, 0.3) is 5.91 Å². The minimum absolute atomic E-state index is 0.0146. The normalized spacial score (nSPS) is 20.8. The molecule has 1 amide bonds. The molecule has 2 aliphatic rings. The Labute approximate surface area is 138 Å². The number of rotatable bonds is 1. The van der Waals surface area contributed by atoms with Crippen LogP contribution in [0.1, 0.15) is 32.5 Å². The van der Waals surface area contributed by atoms with Gasteiger partial charge in [-0.1, -0.05) is 23.7 Å². The quantitative estimate of drug-likeness (QED) is 0.842. The van der Waals surface area contributed by atoms with Crippen molar-refractivity contribution in [2.75, 3.05) is 18.9 Å². The summed E-state index contributed by atoms with van der Waals surface area (Å²) in [6.45, 7) is 1.92. The van der Waals surface area contributed by atoms with Gasteiger partial charge in [-0.05, 0) is 36.7 Å².